The molecule has 4 nitrogen and oxygen atoms in total. The summed E-state index contributed by atoms with van der Waals surface area (Å²) in [5.41, 5.74) is 1.21. The highest BCUT2D eigenvalue weighted by molar-refractivity contribution is 5.39. The average molecular weight is 278 g/mol. The van der Waals surface area contributed by atoms with Gasteiger partial charge in [-0.3, -0.25) is 9.80 Å². The van der Waals surface area contributed by atoms with Gasteiger partial charge in [-0.05, 0) is 26.8 Å². The number of piperazine rings is 1. The maximum Gasteiger partial charge on any atom is 0.123 e. The molecule has 1 aromatic rings. The van der Waals surface area contributed by atoms with Crippen LogP contribution in [0.3, 0.4) is 0 Å². The molecule has 1 N–H and O–H groups in total. The van der Waals surface area contributed by atoms with Gasteiger partial charge in [0.2, 0.25) is 0 Å². The Morgan fingerprint density at radius 2 is 1.80 bits per heavy atom. The number of nitrogens with zero attached hydrogens (tertiary/aromatic N) is 2. The molecule has 0 atom stereocenters. The minimum Gasteiger partial charge on any atom is -0.507 e. The Morgan fingerprint density at radius 1 is 1.15 bits per heavy atom. The van der Waals surface area contributed by atoms with E-state index in [9.17, 15) is 5.11 Å². The fourth-order valence-electron chi connectivity index (χ4n) is 2.62. The molecule has 1 aliphatic rings. The number of hydrogen-bond donors (Lipinski definition) is 1. The zero-order valence-electron chi connectivity index (χ0n) is 13.0. The van der Waals surface area contributed by atoms with Crippen LogP contribution in [0.5, 0.6) is 11.5 Å². The van der Waals surface area contributed by atoms with Crippen LogP contribution in [0.4, 0.5) is 0 Å². The maximum absolute atomic E-state index is 10.0. The maximum atomic E-state index is 10.0. The number of aromatic hydroxyl groups is 1. The minimum absolute atomic E-state index is 0.244. The molecule has 1 heterocycles. The normalized spacial score (nSPS) is 18.2. The second kappa shape index (κ2) is 6.02. The predicted molar refractivity (Wildman–Crippen MR) is 81.3 cm³/mol. The number of rotatable bonds is 3. The summed E-state index contributed by atoms with van der Waals surface area (Å²) < 4.78 is 5.11. The van der Waals surface area contributed by atoms with Gasteiger partial charge in [-0.2, -0.15) is 0 Å². The summed E-state index contributed by atoms with van der Waals surface area (Å²) in [6, 6.07) is 5.53. The molecule has 20 heavy (non-hydrogen) atoms. The Labute approximate surface area is 122 Å². The van der Waals surface area contributed by atoms with Crippen molar-refractivity contribution < 1.29 is 9.84 Å². The lowest BCUT2D eigenvalue weighted by atomic mass is 10.0. The van der Waals surface area contributed by atoms with Gasteiger partial charge < -0.3 is 9.84 Å². The van der Waals surface area contributed by atoms with Crippen LogP contribution in [0.15, 0.2) is 18.2 Å². The van der Waals surface area contributed by atoms with Crippen LogP contribution < -0.4 is 4.74 Å². The number of hydrogen-bond acceptors (Lipinski definition) is 4. The van der Waals surface area contributed by atoms with Crippen molar-refractivity contribution in [2.75, 3.05) is 33.3 Å². The van der Waals surface area contributed by atoms with Gasteiger partial charge in [-0.25, -0.2) is 0 Å². The summed E-state index contributed by atoms with van der Waals surface area (Å²) in [6.07, 6.45) is 0. The van der Waals surface area contributed by atoms with Crippen LogP contribution in [0.1, 0.15) is 26.3 Å². The van der Waals surface area contributed by atoms with E-state index >= 15 is 0 Å². The number of phenolic OH excluding ortho intramolecular Hbond substituents is 1. The van der Waals surface area contributed by atoms with Gasteiger partial charge in [-0.15, -0.1) is 0 Å². The highest BCUT2D eigenvalue weighted by Gasteiger charge is 2.25. The highest BCUT2D eigenvalue weighted by Crippen LogP contribution is 2.25. The van der Waals surface area contributed by atoms with Crippen molar-refractivity contribution in [3.05, 3.63) is 23.8 Å². The fraction of sp³-hybridized carbons (Fsp3) is 0.625. The molecule has 0 radical (unpaired) electrons. The molecular weight excluding hydrogens is 252 g/mol. The lowest BCUT2D eigenvalue weighted by Gasteiger charge is -2.42. The highest BCUT2D eigenvalue weighted by atomic mass is 16.5. The zero-order valence-corrected chi connectivity index (χ0v) is 13.0. The van der Waals surface area contributed by atoms with Gasteiger partial charge in [0.15, 0.2) is 0 Å². The number of benzene rings is 1. The third kappa shape index (κ3) is 3.64. The molecule has 1 saturated heterocycles. The molecule has 1 aliphatic heterocycles. The third-order valence-corrected chi connectivity index (χ3v) is 4.01. The molecular formula is C16H26N2O2. The summed E-state index contributed by atoms with van der Waals surface area (Å²) in [5.74, 6) is 1.02. The fourth-order valence-corrected chi connectivity index (χ4v) is 2.62. The molecule has 0 aliphatic carbocycles. The monoisotopic (exact) mass is 278 g/mol. The lowest BCUT2D eigenvalue weighted by Crippen LogP contribution is -2.53. The van der Waals surface area contributed by atoms with E-state index in [0.29, 0.717) is 11.5 Å². The Bertz CT molecular complexity index is 446. The second-order valence-electron chi connectivity index (χ2n) is 6.43. The van der Waals surface area contributed by atoms with Crippen LogP contribution in [-0.4, -0.2) is 53.7 Å². The SMILES string of the molecule is COc1ccc(CN2CCN(C(C)(C)C)CC2)c(O)c1. The molecule has 0 amide bonds. The van der Waals surface area contributed by atoms with Gasteiger partial charge in [0, 0.05) is 49.9 Å². The first-order chi connectivity index (χ1) is 9.40. The smallest absolute Gasteiger partial charge is 0.123 e. The molecule has 2 rings (SSSR count). The van der Waals surface area contributed by atoms with E-state index in [4.69, 9.17) is 4.74 Å². The van der Waals surface area contributed by atoms with E-state index in [-0.39, 0.29) is 5.54 Å². The molecule has 112 valence electrons. The second-order valence-corrected chi connectivity index (χ2v) is 6.43. The molecule has 0 saturated carbocycles. The van der Waals surface area contributed by atoms with Gasteiger partial charge in [0.05, 0.1) is 7.11 Å². The number of ether oxygens (including phenoxy) is 1. The van der Waals surface area contributed by atoms with Gasteiger partial charge in [-0.1, -0.05) is 6.07 Å². The molecule has 1 aromatic carbocycles. The van der Waals surface area contributed by atoms with Crippen molar-refractivity contribution in [1.29, 1.82) is 0 Å². The molecule has 0 spiro atoms. The molecule has 1 fully saturated rings. The zero-order chi connectivity index (χ0) is 14.8. The van der Waals surface area contributed by atoms with E-state index < -0.39 is 0 Å². The first-order valence-electron chi connectivity index (χ1n) is 7.23. The van der Waals surface area contributed by atoms with E-state index in [1.54, 1.807) is 13.2 Å². The molecule has 0 unspecified atom stereocenters. The first kappa shape index (κ1) is 15.1. The van der Waals surface area contributed by atoms with Gasteiger partial charge in [0.1, 0.15) is 11.5 Å². The molecule has 0 bridgehead atoms. The summed E-state index contributed by atoms with van der Waals surface area (Å²) in [4.78, 5) is 4.90. The van der Waals surface area contributed by atoms with E-state index in [1.165, 1.54) is 0 Å². The number of phenols is 1. The minimum atomic E-state index is 0.244. The van der Waals surface area contributed by atoms with Crippen LogP contribution in [0.2, 0.25) is 0 Å². The standard InChI is InChI=1S/C16H26N2O2/c1-16(2,3)18-9-7-17(8-10-18)12-13-5-6-14(20-4)11-15(13)19/h5-6,11,19H,7-10,12H2,1-4H3. The summed E-state index contributed by atoms with van der Waals surface area (Å²) in [7, 11) is 1.61. The van der Waals surface area contributed by atoms with Crippen LogP contribution in [0, 0.1) is 0 Å². The van der Waals surface area contributed by atoms with Crippen LogP contribution >= 0.6 is 0 Å². The van der Waals surface area contributed by atoms with Crippen molar-refractivity contribution in [2.24, 2.45) is 0 Å². The summed E-state index contributed by atoms with van der Waals surface area (Å²) >= 11 is 0. The largest absolute Gasteiger partial charge is 0.507 e. The Balaban J connectivity index is 1.93. The first-order valence-corrected chi connectivity index (χ1v) is 7.23. The summed E-state index contributed by atoms with van der Waals surface area (Å²) in [5, 5.41) is 10.0. The quantitative estimate of drug-likeness (QED) is 0.920. The topological polar surface area (TPSA) is 35.9 Å². The molecule has 4 heteroatoms. The number of methoxy groups -OCH3 is 1. The van der Waals surface area contributed by atoms with Crippen molar-refractivity contribution in [3.8, 4) is 11.5 Å². The van der Waals surface area contributed by atoms with Crippen LogP contribution in [-0.2, 0) is 6.54 Å². The summed E-state index contributed by atoms with van der Waals surface area (Å²) in [6.45, 7) is 11.8. The van der Waals surface area contributed by atoms with Crippen LogP contribution in [0.25, 0.3) is 0 Å². The Kier molecular flexibility index (Phi) is 4.55. The molecule has 0 aromatic heterocycles. The van der Waals surface area contributed by atoms with Gasteiger partial charge >= 0.3 is 0 Å². The van der Waals surface area contributed by atoms with Crippen molar-refractivity contribution in [1.82, 2.24) is 9.80 Å². The average Bonchev–Trinajstić information content (AvgIpc) is 2.40. The van der Waals surface area contributed by atoms with E-state index in [1.807, 2.05) is 12.1 Å². The predicted octanol–water partition coefficient (Wildman–Crippen LogP) is 2.32. The van der Waals surface area contributed by atoms with E-state index in [0.717, 1.165) is 38.3 Å². The lowest BCUT2D eigenvalue weighted by molar-refractivity contribution is 0.0588. The van der Waals surface area contributed by atoms with E-state index in [2.05, 4.69) is 30.6 Å². The Hall–Kier alpha value is -1.26. The van der Waals surface area contributed by atoms with Crippen molar-refractivity contribution in [3.63, 3.8) is 0 Å². The third-order valence-electron chi connectivity index (χ3n) is 4.01. The van der Waals surface area contributed by atoms with Gasteiger partial charge in [0.25, 0.3) is 0 Å². The Morgan fingerprint density at radius 3 is 2.30 bits per heavy atom. The van der Waals surface area contributed by atoms with Crippen molar-refractivity contribution in [2.45, 2.75) is 32.9 Å². The van der Waals surface area contributed by atoms with Crippen molar-refractivity contribution >= 4 is 0 Å².